The van der Waals surface area contributed by atoms with E-state index < -0.39 is 0 Å². The molecule has 3 aromatic heterocycles. The third-order valence-corrected chi connectivity index (χ3v) is 2.77. The highest BCUT2D eigenvalue weighted by atomic mass is 16.1. The van der Waals surface area contributed by atoms with Crippen molar-refractivity contribution in [2.75, 3.05) is 0 Å². The molecule has 0 aliphatic heterocycles. The van der Waals surface area contributed by atoms with Crippen LogP contribution in [0.1, 0.15) is 0 Å². The largest absolute Gasteiger partial charge is 0.284 e. The molecular weight excluding hydrogens is 238 g/mol. The minimum atomic E-state index is -0.0688. The Bertz CT molecular complexity index is 750. The molecule has 3 aromatic rings. The molecule has 0 aliphatic rings. The van der Waals surface area contributed by atoms with E-state index in [0.717, 1.165) is 17.1 Å². The molecule has 19 heavy (non-hydrogen) atoms. The first-order valence-corrected chi connectivity index (χ1v) is 5.90. The number of hydrogen-bond donors (Lipinski definition) is 0. The lowest BCUT2D eigenvalue weighted by Crippen LogP contribution is -2.15. The quantitative estimate of drug-likeness (QED) is 0.700. The fraction of sp³-hybridized carbons (Fsp3) is 0. The van der Waals surface area contributed by atoms with E-state index in [1.165, 1.54) is 6.07 Å². The Morgan fingerprint density at radius 2 is 1.68 bits per heavy atom. The maximum atomic E-state index is 11.8. The zero-order chi connectivity index (χ0) is 13.1. The van der Waals surface area contributed by atoms with Crippen LogP contribution in [0.3, 0.4) is 0 Å². The van der Waals surface area contributed by atoms with Crippen molar-refractivity contribution in [3.63, 3.8) is 0 Å². The van der Waals surface area contributed by atoms with Gasteiger partial charge in [0.15, 0.2) is 0 Å². The summed E-state index contributed by atoms with van der Waals surface area (Å²) in [6, 6.07) is 14.4. The van der Waals surface area contributed by atoms with E-state index in [4.69, 9.17) is 0 Å². The van der Waals surface area contributed by atoms with Gasteiger partial charge >= 0.3 is 0 Å². The number of nitrogens with zero attached hydrogens (tertiary/aromatic N) is 3. The standard InChI is InChI=1S/C15H11N3O/c19-15-6-2-4-10-18(15)12-7-9-17-14(11-12)13-5-1-3-8-16-13/h1-11H. The molecule has 0 atom stereocenters. The van der Waals surface area contributed by atoms with Gasteiger partial charge < -0.3 is 0 Å². The summed E-state index contributed by atoms with van der Waals surface area (Å²) in [7, 11) is 0. The van der Waals surface area contributed by atoms with Crippen molar-refractivity contribution in [2.24, 2.45) is 0 Å². The van der Waals surface area contributed by atoms with Crippen LogP contribution < -0.4 is 5.56 Å². The molecule has 0 aromatic carbocycles. The van der Waals surface area contributed by atoms with Crippen molar-refractivity contribution < 1.29 is 0 Å². The second-order valence-corrected chi connectivity index (χ2v) is 4.02. The van der Waals surface area contributed by atoms with Crippen LogP contribution >= 0.6 is 0 Å². The predicted octanol–water partition coefficient (Wildman–Crippen LogP) is 2.29. The Hall–Kier alpha value is -2.75. The average Bonchev–Trinajstić information content (AvgIpc) is 2.49. The molecule has 0 aliphatic carbocycles. The molecule has 4 nitrogen and oxygen atoms in total. The summed E-state index contributed by atoms with van der Waals surface area (Å²) in [4.78, 5) is 20.3. The molecule has 0 amide bonds. The SMILES string of the molecule is O=c1ccccn1-c1ccnc(-c2ccccn2)c1. The first-order valence-electron chi connectivity index (χ1n) is 5.90. The number of rotatable bonds is 2. The molecule has 92 valence electrons. The third-order valence-electron chi connectivity index (χ3n) is 2.77. The van der Waals surface area contributed by atoms with Crippen LogP contribution in [0.4, 0.5) is 0 Å². The van der Waals surface area contributed by atoms with Gasteiger partial charge in [0.05, 0.1) is 17.1 Å². The fourth-order valence-corrected chi connectivity index (χ4v) is 1.86. The van der Waals surface area contributed by atoms with Crippen LogP contribution in [0, 0.1) is 0 Å². The lowest BCUT2D eigenvalue weighted by Gasteiger charge is -2.06. The van der Waals surface area contributed by atoms with Crippen LogP contribution in [0.2, 0.25) is 0 Å². The molecule has 0 bridgehead atoms. The predicted molar refractivity (Wildman–Crippen MR) is 73.1 cm³/mol. The summed E-state index contributed by atoms with van der Waals surface area (Å²) in [5.41, 5.74) is 2.24. The van der Waals surface area contributed by atoms with E-state index in [9.17, 15) is 4.79 Å². The summed E-state index contributed by atoms with van der Waals surface area (Å²) in [5.74, 6) is 0. The fourth-order valence-electron chi connectivity index (χ4n) is 1.86. The molecule has 0 N–H and O–H groups in total. The molecule has 4 heteroatoms. The van der Waals surface area contributed by atoms with Gasteiger partial charge in [-0.1, -0.05) is 12.1 Å². The summed E-state index contributed by atoms with van der Waals surface area (Å²) in [6.45, 7) is 0. The molecule has 0 radical (unpaired) electrons. The molecule has 0 saturated heterocycles. The van der Waals surface area contributed by atoms with E-state index in [1.54, 1.807) is 35.3 Å². The van der Waals surface area contributed by atoms with E-state index >= 15 is 0 Å². The molecule has 0 saturated carbocycles. The average molecular weight is 249 g/mol. The Balaban J connectivity index is 2.11. The van der Waals surface area contributed by atoms with E-state index in [2.05, 4.69) is 9.97 Å². The minimum absolute atomic E-state index is 0.0688. The lowest BCUT2D eigenvalue weighted by molar-refractivity contribution is 0.985. The van der Waals surface area contributed by atoms with Crippen molar-refractivity contribution in [3.8, 4) is 17.1 Å². The highest BCUT2D eigenvalue weighted by Crippen LogP contribution is 2.16. The summed E-state index contributed by atoms with van der Waals surface area (Å²) < 4.78 is 1.58. The zero-order valence-corrected chi connectivity index (χ0v) is 10.1. The van der Waals surface area contributed by atoms with Gasteiger partial charge in [-0.25, -0.2) is 0 Å². The minimum Gasteiger partial charge on any atom is -0.284 e. The normalized spacial score (nSPS) is 10.3. The van der Waals surface area contributed by atoms with E-state index in [-0.39, 0.29) is 5.56 Å². The van der Waals surface area contributed by atoms with Gasteiger partial charge in [0, 0.05) is 24.7 Å². The first kappa shape index (κ1) is 11.3. The van der Waals surface area contributed by atoms with Crippen molar-refractivity contribution in [1.82, 2.24) is 14.5 Å². The lowest BCUT2D eigenvalue weighted by atomic mass is 10.2. The van der Waals surface area contributed by atoms with Gasteiger partial charge in [-0.3, -0.25) is 19.3 Å². The van der Waals surface area contributed by atoms with Crippen LogP contribution in [0.5, 0.6) is 0 Å². The Morgan fingerprint density at radius 3 is 2.47 bits per heavy atom. The Kier molecular flexibility index (Phi) is 2.90. The van der Waals surface area contributed by atoms with Gasteiger partial charge in [-0.05, 0) is 30.3 Å². The van der Waals surface area contributed by atoms with Crippen LogP contribution in [0.25, 0.3) is 17.1 Å². The van der Waals surface area contributed by atoms with Crippen LogP contribution in [-0.4, -0.2) is 14.5 Å². The highest BCUT2D eigenvalue weighted by molar-refractivity contribution is 5.57. The third kappa shape index (κ3) is 2.28. The van der Waals surface area contributed by atoms with Gasteiger partial charge in [0.2, 0.25) is 0 Å². The zero-order valence-electron chi connectivity index (χ0n) is 10.1. The Labute approximate surface area is 110 Å². The van der Waals surface area contributed by atoms with E-state index in [0.29, 0.717) is 0 Å². The van der Waals surface area contributed by atoms with Gasteiger partial charge in [-0.15, -0.1) is 0 Å². The van der Waals surface area contributed by atoms with Gasteiger partial charge in [-0.2, -0.15) is 0 Å². The van der Waals surface area contributed by atoms with Crippen molar-refractivity contribution in [3.05, 3.63) is 77.5 Å². The number of aromatic nitrogens is 3. The molecule has 3 heterocycles. The first-order chi connectivity index (χ1) is 9.34. The molecule has 3 rings (SSSR count). The van der Waals surface area contributed by atoms with Crippen molar-refractivity contribution in [1.29, 1.82) is 0 Å². The maximum Gasteiger partial charge on any atom is 0.255 e. The second kappa shape index (κ2) is 4.86. The van der Waals surface area contributed by atoms with Crippen molar-refractivity contribution in [2.45, 2.75) is 0 Å². The number of hydrogen-bond acceptors (Lipinski definition) is 3. The summed E-state index contributed by atoms with van der Waals surface area (Å²) in [5, 5.41) is 0. The topological polar surface area (TPSA) is 47.8 Å². The highest BCUT2D eigenvalue weighted by Gasteiger charge is 2.03. The molecule has 0 unspecified atom stereocenters. The van der Waals surface area contributed by atoms with Gasteiger partial charge in [0.25, 0.3) is 5.56 Å². The van der Waals surface area contributed by atoms with Gasteiger partial charge in [0.1, 0.15) is 0 Å². The second-order valence-electron chi connectivity index (χ2n) is 4.02. The van der Waals surface area contributed by atoms with Crippen LogP contribution in [0.15, 0.2) is 71.9 Å². The van der Waals surface area contributed by atoms with Crippen molar-refractivity contribution >= 4 is 0 Å². The molecule has 0 spiro atoms. The number of pyridine rings is 3. The molecular formula is C15H11N3O. The molecule has 0 fully saturated rings. The Morgan fingerprint density at radius 1 is 0.842 bits per heavy atom. The smallest absolute Gasteiger partial charge is 0.255 e. The maximum absolute atomic E-state index is 11.8. The summed E-state index contributed by atoms with van der Waals surface area (Å²) in [6.07, 6.45) is 5.14. The van der Waals surface area contributed by atoms with E-state index in [1.807, 2.05) is 30.3 Å². The monoisotopic (exact) mass is 249 g/mol. The van der Waals surface area contributed by atoms with Crippen LogP contribution in [-0.2, 0) is 0 Å². The summed E-state index contributed by atoms with van der Waals surface area (Å²) >= 11 is 0.